The van der Waals surface area contributed by atoms with Gasteiger partial charge in [0.15, 0.2) is 0 Å². The third-order valence-electron chi connectivity index (χ3n) is 3.30. The number of hydrogen-bond donors (Lipinski definition) is 2. The Labute approximate surface area is 143 Å². The van der Waals surface area contributed by atoms with Crippen molar-refractivity contribution in [3.05, 3.63) is 48.1 Å². The first kappa shape index (κ1) is 16.4. The SMILES string of the molecule is CC(=O)Nc1ccc(C(=O)NCc2nc(-c3cnn(C)c3)no2)cc1. The molecule has 0 atom stereocenters. The van der Waals surface area contributed by atoms with Crippen molar-refractivity contribution in [2.75, 3.05) is 5.32 Å². The number of aryl methyl sites for hydroxylation is 1. The molecule has 0 fully saturated rings. The van der Waals surface area contributed by atoms with Crippen LogP contribution in [0.1, 0.15) is 23.2 Å². The lowest BCUT2D eigenvalue weighted by atomic mass is 10.2. The van der Waals surface area contributed by atoms with Gasteiger partial charge in [0.25, 0.3) is 5.91 Å². The number of benzene rings is 1. The molecule has 2 heterocycles. The summed E-state index contributed by atoms with van der Waals surface area (Å²) < 4.78 is 6.75. The first-order valence-electron chi connectivity index (χ1n) is 7.49. The van der Waals surface area contributed by atoms with Crippen molar-refractivity contribution < 1.29 is 14.1 Å². The molecule has 0 saturated carbocycles. The van der Waals surface area contributed by atoms with Gasteiger partial charge in [0.1, 0.15) is 0 Å². The fourth-order valence-corrected chi connectivity index (χ4v) is 2.15. The van der Waals surface area contributed by atoms with Gasteiger partial charge in [-0.3, -0.25) is 14.3 Å². The zero-order valence-corrected chi connectivity index (χ0v) is 13.7. The van der Waals surface area contributed by atoms with Gasteiger partial charge in [-0.2, -0.15) is 10.1 Å². The summed E-state index contributed by atoms with van der Waals surface area (Å²) in [5, 5.41) is 13.2. The molecule has 0 bridgehead atoms. The highest BCUT2D eigenvalue weighted by Gasteiger charge is 2.12. The van der Waals surface area contributed by atoms with Crippen LogP contribution in [0, 0.1) is 0 Å². The topological polar surface area (TPSA) is 115 Å². The molecule has 0 unspecified atom stereocenters. The molecule has 0 aliphatic heterocycles. The van der Waals surface area contributed by atoms with Gasteiger partial charge in [-0.1, -0.05) is 5.16 Å². The van der Waals surface area contributed by atoms with E-state index in [1.807, 2.05) is 0 Å². The summed E-state index contributed by atoms with van der Waals surface area (Å²) in [6.45, 7) is 1.53. The molecule has 3 aromatic rings. The van der Waals surface area contributed by atoms with Crippen LogP contribution in [-0.2, 0) is 18.4 Å². The molecule has 128 valence electrons. The maximum absolute atomic E-state index is 12.1. The number of carbonyl (C=O) groups is 2. The van der Waals surface area contributed by atoms with E-state index in [1.54, 1.807) is 48.4 Å². The fourth-order valence-electron chi connectivity index (χ4n) is 2.15. The van der Waals surface area contributed by atoms with Crippen molar-refractivity contribution in [1.82, 2.24) is 25.2 Å². The second kappa shape index (κ2) is 6.95. The van der Waals surface area contributed by atoms with Crippen molar-refractivity contribution in [2.45, 2.75) is 13.5 Å². The van der Waals surface area contributed by atoms with E-state index in [0.29, 0.717) is 23.0 Å². The van der Waals surface area contributed by atoms with E-state index in [2.05, 4.69) is 25.9 Å². The Morgan fingerprint density at radius 2 is 2.00 bits per heavy atom. The lowest BCUT2D eigenvalue weighted by molar-refractivity contribution is -0.114. The van der Waals surface area contributed by atoms with Gasteiger partial charge in [-0.25, -0.2) is 0 Å². The van der Waals surface area contributed by atoms with Crippen LogP contribution in [0.25, 0.3) is 11.4 Å². The highest BCUT2D eigenvalue weighted by molar-refractivity contribution is 5.95. The fraction of sp³-hybridized carbons (Fsp3) is 0.188. The Kier molecular flexibility index (Phi) is 4.55. The maximum Gasteiger partial charge on any atom is 0.251 e. The van der Waals surface area contributed by atoms with Crippen LogP contribution in [0.2, 0.25) is 0 Å². The van der Waals surface area contributed by atoms with Gasteiger partial charge in [0.2, 0.25) is 17.6 Å². The number of anilines is 1. The standard InChI is InChI=1S/C16H16N6O3/c1-10(23)19-13-5-3-11(4-6-13)16(24)17-8-14-20-15(21-25-14)12-7-18-22(2)9-12/h3-7,9H,8H2,1-2H3,(H,17,24)(H,19,23). The Morgan fingerprint density at radius 1 is 1.24 bits per heavy atom. The first-order valence-corrected chi connectivity index (χ1v) is 7.49. The van der Waals surface area contributed by atoms with Crippen molar-refractivity contribution in [3.8, 4) is 11.4 Å². The molecule has 2 N–H and O–H groups in total. The number of nitrogens with zero attached hydrogens (tertiary/aromatic N) is 4. The largest absolute Gasteiger partial charge is 0.343 e. The van der Waals surface area contributed by atoms with E-state index in [1.165, 1.54) is 6.92 Å². The van der Waals surface area contributed by atoms with Crippen molar-refractivity contribution in [1.29, 1.82) is 0 Å². The van der Waals surface area contributed by atoms with E-state index in [0.717, 1.165) is 5.56 Å². The maximum atomic E-state index is 12.1. The molecule has 2 aromatic heterocycles. The number of carbonyl (C=O) groups excluding carboxylic acids is 2. The predicted molar refractivity (Wildman–Crippen MR) is 88.4 cm³/mol. The van der Waals surface area contributed by atoms with Gasteiger partial charge in [0, 0.05) is 31.4 Å². The van der Waals surface area contributed by atoms with Crippen LogP contribution in [0.4, 0.5) is 5.69 Å². The second-order valence-electron chi connectivity index (χ2n) is 5.36. The molecule has 0 aliphatic rings. The number of amides is 2. The molecule has 25 heavy (non-hydrogen) atoms. The van der Waals surface area contributed by atoms with E-state index in [9.17, 15) is 9.59 Å². The van der Waals surface area contributed by atoms with E-state index in [4.69, 9.17) is 4.52 Å². The minimum atomic E-state index is -0.282. The van der Waals surface area contributed by atoms with Crippen LogP contribution in [0.3, 0.4) is 0 Å². The molecule has 0 aliphatic carbocycles. The van der Waals surface area contributed by atoms with Gasteiger partial charge < -0.3 is 15.2 Å². The van der Waals surface area contributed by atoms with Crippen molar-refractivity contribution in [2.24, 2.45) is 7.05 Å². The van der Waals surface area contributed by atoms with Crippen LogP contribution >= 0.6 is 0 Å². The van der Waals surface area contributed by atoms with Crippen LogP contribution in [0.15, 0.2) is 41.2 Å². The zero-order valence-electron chi connectivity index (χ0n) is 13.7. The lowest BCUT2D eigenvalue weighted by Gasteiger charge is -2.05. The molecule has 2 amide bonds. The van der Waals surface area contributed by atoms with Crippen LogP contribution in [0.5, 0.6) is 0 Å². The molecular formula is C16H16N6O3. The summed E-state index contributed by atoms with van der Waals surface area (Å²) in [6, 6.07) is 6.55. The summed E-state index contributed by atoms with van der Waals surface area (Å²) in [5.74, 6) is 0.257. The summed E-state index contributed by atoms with van der Waals surface area (Å²) in [7, 11) is 1.79. The average Bonchev–Trinajstić information content (AvgIpc) is 3.21. The number of nitrogens with one attached hydrogen (secondary N) is 2. The lowest BCUT2D eigenvalue weighted by Crippen LogP contribution is -2.22. The molecule has 0 saturated heterocycles. The zero-order chi connectivity index (χ0) is 17.8. The van der Waals surface area contributed by atoms with Crippen molar-refractivity contribution in [3.63, 3.8) is 0 Å². The Hall–Kier alpha value is -3.49. The molecule has 9 heteroatoms. The molecule has 1 aromatic carbocycles. The molecule has 9 nitrogen and oxygen atoms in total. The second-order valence-corrected chi connectivity index (χ2v) is 5.36. The van der Waals surface area contributed by atoms with Gasteiger partial charge in [-0.15, -0.1) is 0 Å². The average molecular weight is 340 g/mol. The molecule has 3 rings (SSSR count). The summed E-state index contributed by atoms with van der Waals surface area (Å²) in [6.07, 6.45) is 3.40. The number of hydrogen-bond acceptors (Lipinski definition) is 6. The smallest absolute Gasteiger partial charge is 0.251 e. The number of rotatable bonds is 5. The Morgan fingerprint density at radius 3 is 2.64 bits per heavy atom. The Bertz CT molecular complexity index is 897. The quantitative estimate of drug-likeness (QED) is 0.724. The number of aromatic nitrogens is 4. The minimum Gasteiger partial charge on any atom is -0.343 e. The summed E-state index contributed by atoms with van der Waals surface area (Å²) in [5.41, 5.74) is 1.82. The van der Waals surface area contributed by atoms with E-state index in [-0.39, 0.29) is 18.4 Å². The van der Waals surface area contributed by atoms with Crippen LogP contribution < -0.4 is 10.6 Å². The summed E-state index contributed by atoms with van der Waals surface area (Å²) >= 11 is 0. The van der Waals surface area contributed by atoms with Gasteiger partial charge in [0.05, 0.1) is 18.3 Å². The van der Waals surface area contributed by atoms with Crippen molar-refractivity contribution >= 4 is 17.5 Å². The minimum absolute atomic E-state index is 0.111. The van der Waals surface area contributed by atoms with Crippen LogP contribution in [-0.4, -0.2) is 31.7 Å². The van der Waals surface area contributed by atoms with Gasteiger partial charge >= 0.3 is 0 Å². The van der Waals surface area contributed by atoms with E-state index >= 15 is 0 Å². The third kappa shape index (κ3) is 4.08. The highest BCUT2D eigenvalue weighted by atomic mass is 16.5. The molecular weight excluding hydrogens is 324 g/mol. The highest BCUT2D eigenvalue weighted by Crippen LogP contribution is 2.14. The Balaban J connectivity index is 1.59. The van der Waals surface area contributed by atoms with Gasteiger partial charge in [-0.05, 0) is 24.3 Å². The molecule has 0 spiro atoms. The van der Waals surface area contributed by atoms with E-state index < -0.39 is 0 Å². The summed E-state index contributed by atoms with van der Waals surface area (Å²) in [4.78, 5) is 27.3. The normalized spacial score (nSPS) is 10.5. The third-order valence-corrected chi connectivity index (χ3v) is 3.30. The monoisotopic (exact) mass is 340 g/mol. The first-order chi connectivity index (χ1) is 12.0. The predicted octanol–water partition coefficient (Wildman–Crippen LogP) is 1.36. The molecule has 0 radical (unpaired) electrons.